The van der Waals surface area contributed by atoms with Gasteiger partial charge >= 0.3 is 0 Å². The molecule has 9 heteroatoms. The van der Waals surface area contributed by atoms with Gasteiger partial charge < -0.3 is 19.7 Å². The normalized spacial score (nSPS) is 16.4. The summed E-state index contributed by atoms with van der Waals surface area (Å²) >= 11 is 5.85. The van der Waals surface area contributed by atoms with Crippen molar-refractivity contribution in [1.82, 2.24) is 14.9 Å². The van der Waals surface area contributed by atoms with Crippen LogP contribution < -0.4 is 5.43 Å². The van der Waals surface area contributed by atoms with Gasteiger partial charge in [0.1, 0.15) is 12.3 Å². The number of phenolic OH excluding ortho intramolecular Hbond substituents is 1. The highest BCUT2D eigenvalue weighted by Crippen LogP contribution is 2.24. The highest BCUT2D eigenvalue weighted by Gasteiger charge is 2.26. The second-order valence-corrected chi connectivity index (χ2v) is 8.42. The SMILES string of the molecule is O=C(N/N=C/c1cccc2c1ccn2CC(=O)N1CCCCC1CO)c1ccc(O)c(Cl)c1. The summed E-state index contributed by atoms with van der Waals surface area (Å²) in [6.07, 6.45) is 6.21. The van der Waals surface area contributed by atoms with E-state index in [1.165, 1.54) is 18.2 Å². The molecule has 0 bridgehead atoms. The molecular formula is C24H25ClN4O4. The largest absolute Gasteiger partial charge is 0.506 e. The number of nitrogens with one attached hydrogen (secondary N) is 1. The number of nitrogens with zero attached hydrogens (tertiary/aromatic N) is 3. The van der Waals surface area contributed by atoms with Crippen LogP contribution in [0.1, 0.15) is 35.2 Å². The Kier molecular flexibility index (Phi) is 6.96. The van der Waals surface area contributed by atoms with Crippen molar-refractivity contribution in [3.05, 3.63) is 64.8 Å². The van der Waals surface area contributed by atoms with Crippen LogP contribution in [0.3, 0.4) is 0 Å². The number of piperidine rings is 1. The van der Waals surface area contributed by atoms with E-state index >= 15 is 0 Å². The fraction of sp³-hybridized carbons (Fsp3) is 0.292. The van der Waals surface area contributed by atoms with Gasteiger partial charge in [-0.25, -0.2) is 5.43 Å². The van der Waals surface area contributed by atoms with Crippen molar-refractivity contribution in [2.45, 2.75) is 31.8 Å². The number of phenols is 1. The molecule has 0 spiro atoms. The van der Waals surface area contributed by atoms with Crippen LogP contribution in [-0.4, -0.2) is 56.9 Å². The molecule has 3 N–H and O–H groups in total. The zero-order valence-electron chi connectivity index (χ0n) is 17.9. The molecule has 1 aliphatic heterocycles. The average Bonchev–Trinajstić information content (AvgIpc) is 3.24. The number of aromatic hydroxyl groups is 1. The third-order valence-corrected chi connectivity index (χ3v) is 6.19. The number of aliphatic hydroxyl groups is 1. The molecular weight excluding hydrogens is 444 g/mol. The second kappa shape index (κ2) is 10.1. The smallest absolute Gasteiger partial charge is 0.271 e. The van der Waals surface area contributed by atoms with Gasteiger partial charge in [0, 0.05) is 34.8 Å². The molecule has 1 aliphatic rings. The number of halogens is 1. The lowest BCUT2D eigenvalue weighted by molar-refractivity contribution is -0.136. The van der Waals surface area contributed by atoms with E-state index in [4.69, 9.17) is 11.6 Å². The summed E-state index contributed by atoms with van der Waals surface area (Å²) in [4.78, 5) is 26.9. The number of rotatable bonds is 6. The van der Waals surface area contributed by atoms with E-state index in [1.54, 1.807) is 11.1 Å². The van der Waals surface area contributed by atoms with Gasteiger partial charge in [-0.15, -0.1) is 0 Å². The number of aromatic nitrogens is 1. The minimum Gasteiger partial charge on any atom is -0.506 e. The van der Waals surface area contributed by atoms with Gasteiger partial charge in [0.25, 0.3) is 5.91 Å². The number of aliphatic hydroxyl groups excluding tert-OH is 1. The summed E-state index contributed by atoms with van der Waals surface area (Å²) in [5.41, 5.74) is 4.39. The number of hydrogen-bond donors (Lipinski definition) is 3. The Morgan fingerprint density at radius 1 is 1.21 bits per heavy atom. The van der Waals surface area contributed by atoms with Gasteiger partial charge in [-0.1, -0.05) is 23.7 Å². The topological polar surface area (TPSA) is 107 Å². The molecule has 2 heterocycles. The summed E-state index contributed by atoms with van der Waals surface area (Å²) in [6.45, 7) is 0.854. The first-order valence-corrected chi connectivity index (χ1v) is 11.2. The van der Waals surface area contributed by atoms with Crippen molar-refractivity contribution in [3.8, 4) is 5.75 Å². The summed E-state index contributed by atoms with van der Waals surface area (Å²) in [5.74, 6) is -0.563. The minimum atomic E-state index is -0.455. The van der Waals surface area contributed by atoms with Crippen LogP contribution in [0.15, 0.2) is 53.8 Å². The van der Waals surface area contributed by atoms with Crippen LogP contribution in [0, 0.1) is 0 Å². The number of likely N-dealkylation sites (tertiary alicyclic amines) is 1. The number of hydrogen-bond acceptors (Lipinski definition) is 5. The first-order valence-electron chi connectivity index (χ1n) is 10.8. The van der Waals surface area contributed by atoms with Crippen molar-refractivity contribution < 1.29 is 19.8 Å². The molecule has 2 amide bonds. The summed E-state index contributed by atoms with van der Waals surface area (Å²) in [6, 6.07) is 11.6. The van der Waals surface area contributed by atoms with Gasteiger partial charge in [0.15, 0.2) is 0 Å². The quantitative estimate of drug-likeness (QED) is 0.381. The fourth-order valence-corrected chi connectivity index (χ4v) is 4.31. The zero-order chi connectivity index (χ0) is 23.4. The molecule has 172 valence electrons. The number of carbonyl (C=O) groups excluding carboxylic acids is 2. The molecule has 1 unspecified atom stereocenters. The molecule has 3 aromatic rings. The Morgan fingerprint density at radius 3 is 2.85 bits per heavy atom. The molecule has 0 radical (unpaired) electrons. The Hall–Kier alpha value is -3.36. The Balaban J connectivity index is 1.47. The first-order chi connectivity index (χ1) is 16.0. The number of carbonyl (C=O) groups is 2. The van der Waals surface area contributed by atoms with E-state index in [9.17, 15) is 19.8 Å². The van der Waals surface area contributed by atoms with Gasteiger partial charge in [0.2, 0.25) is 5.91 Å². The molecule has 0 aliphatic carbocycles. The van der Waals surface area contributed by atoms with E-state index in [1.807, 2.05) is 35.0 Å². The predicted octanol–water partition coefficient (Wildman–Crippen LogP) is 3.14. The van der Waals surface area contributed by atoms with Gasteiger partial charge in [-0.3, -0.25) is 9.59 Å². The first kappa shape index (κ1) is 22.8. The molecule has 33 heavy (non-hydrogen) atoms. The van der Waals surface area contributed by atoms with E-state index in [-0.39, 0.29) is 41.4 Å². The van der Waals surface area contributed by atoms with E-state index < -0.39 is 5.91 Å². The number of amides is 2. The minimum absolute atomic E-state index is 0.00913. The maximum atomic E-state index is 12.9. The molecule has 0 saturated carbocycles. The van der Waals surface area contributed by atoms with Crippen LogP contribution in [0.5, 0.6) is 5.75 Å². The summed E-state index contributed by atoms with van der Waals surface area (Å²) in [5, 5.41) is 24.1. The number of hydrazone groups is 1. The molecule has 8 nitrogen and oxygen atoms in total. The van der Waals surface area contributed by atoms with Crippen LogP contribution in [0.4, 0.5) is 0 Å². The predicted molar refractivity (Wildman–Crippen MR) is 127 cm³/mol. The summed E-state index contributed by atoms with van der Waals surface area (Å²) < 4.78 is 1.88. The maximum Gasteiger partial charge on any atom is 0.271 e. The van der Waals surface area contributed by atoms with Crippen LogP contribution in [-0.2, 0) is 11.3 Å². The lowest BCUT2D eigenvalue weighted by Gasteiger charge is -2.34. The third-order valence-electron chi connectivity index (χ3n) is 5.89. The van der Waals surface area contributed by atoms with E-state index in [0.717, 1.165) is 35.7 Å². The Bertz CT molecular complexity index is 1210. The Morgan fingerprint density at radius 2 is 2.06 bits per heavy atom. The molecule has 1 aromatic heterocycles. The lowest BCUT2D eigenvalue weighted by Crippen LogP contribution is -2.46. The highest BCUT2D eigenvalue weighted by atomic mass is 35.5. The van der Waals surface area contributed by atoms with Gasteiger partial charge in [-0.05, 0) is 49.6 Å². The summed E-state index contributed by atoms with van der Waals surface area (Å²) in [7, 11) is 0. The number of benzene rings is 2. The van der Waals surface area contributed by atoms with Crippen molar-refractivity contribution >= 4 is 40.5 Å². The zero-order valence-corrected chi connectivity index (χ0v) is 18.7. The highest BCUT2D eigenvalue weighted by molar-refractivity contribution is 6.32. The van der Waals surface area contributed by atoms with Crippen molar-refractivity contribution in [3.63, 3.8) is 0 Å². The van der Waals surface area contributed by atoms with E-state index in [2.05, 4.69) is 10.5 Å². The van der Waals surface area contributed by atoms with Crippen LogP contribution in [0.25, 0.3) is 10.9 Å². The monoisotopic (exact) mass is 468 g/mol. The van der Waals surface area contributed by atoms with Crippen molar-refractivity contribution in [2.24, 2.45) is 5.10 Å². The second-order valence-electron chi connectivity index (χ2n) is 8.01. The fourth-order valence-electron chi connectivity index (χ4n) is 4.13. The molecule has 4 rings (SSSR count). The van der Waals surface area contributed by atoms with Crippen LogP contribution >= 0.6 is 11.6 Å². The lowest BCUT2D eigenvalue weighted by atomic mass is 10.0. The maximum absolute atomic E-state index is 12.9. The molecule has 1 saturated heterocycles. The molecule has 1 fully saturated rings. The van der Waals surface area contributed by atoms with Gasteiger partial charge in [0.05, 0.1) is 23.9 Å². The number of fused-ring (bicyclic) bond motifs is 1. The molecule has 2 aromatic carbocycles. The third kappa shape index (κ3) is 5.02. The molecule has 1 atom stereocenters. The standard InChI is InChI=1S/C24H25ClN4O4/c25-20-12-16(7-8-22(20)31)24(33)27-26-13-17-4-3-6-21-19(17)9-11-28(21)14-23(32)29-10-2-1-5-18(29)15-30/h3-4,6-9,11-13,18,30-31H,1-2,5,10,14-15H2,(H,27,33)/b26-13+. The van der Waals surface area contributed by atoms with Crippen molar-refractivity contribution in [1.29, 1.82) is 0 Å². The van der Waals surface area contributed by atoms with Crippen LogP contribution in [0.2, 0.25) is 5.02 Å². The van der Waals surface area contributed by atoms with Gasteiger partial charge in [-0.2, -0.15) is 5.10 Å². The van der Waals surface area contributed by atoms with E-state index in [0.29, 0.717) is 6.54 Å². The Labute approximate surface area is 196 Å². The van der Waals surface area contributed by atoms with Crippen molar-refractivity contribution in [2.75, 3.05) is 13.2 Å². The average molecular weight is 469 g/mol.